The summed E-state index contributed by atoms with van der Waals surface area (Å²) in [7, 11) is 0. The maximum absolute atomic E-state index is 11.7. The van der Waals surface area contributed by atoms with Crippen LogP contribution in [0.4, 0.5) is 0 Å². The van der Waals surface area contributed by atoms with E-state index < -0.39 is 5.41 Å². The average Bonchev–Trinajstić information content (AvgIpc) is 3.10. The van der Waals surface area contributed by atoms with Crippen molar-refractivity contribution < 1.29 is 30.0 Å². The van der Waals surface area contributed by atoms with Crippen LogP contribution < -0.4 is 0 Å². The van der Waals surface area contributed by atoms with Gasteiger partial charge in [0.05, 0.1) is 5.52 Å². The van der Waals surface area contributed by atoms with E-state index in [1.54, 1.807) is 0 Å². The van der Waals surface area contributed by atoms with E-state index >= 15 is 0 Å². The van der Waals surface area contributed by atoms with Crippen LogP contribution in [0, 0.1) is 28.7 Å². The fourth-order valence-electron chi connectivity index (χ4n) is 7.31. The van der Waals surface area contributed by atoms with Gasteiger partial charge in [0.2, 0.25) is 0 Å². The Morgan fingerprint density at radius 2 is 1.53 bits per heavy atom. The van der Waals surface area contributed by atoms with Gasteiger partial charge in [0.1, 0.15) is 11.6 Å². The number of aliphatic hydroxyl groups is 1. The molecule has 0 aliphatic heterocycles. The molecule has 0 spiro atoms. The van der Waals surface area contributed by atoms with Gasteiger partial charge in [-0.3, -0.25) is 9.78 Å². The number of carbonyl (C=O) groups excluding carboxylic acids is 1. The van der Waals surface area contributed by atoms with Crippen molar-refractivity contribution in [2.24, 2.45) is 22.7 Å². The van der Waals surface area contributed by atoms with Crippen LogP contribution in [0.15, 0.2) is 54.3 Å². The molecule has 0 bridgehead atoms. The predicted octanol–water partition coefficient (Wildman–Crippen LogP) is 13.7. The van der Waals surface area contributed by atoms with Gasteiger partial charge in [0.25, 0.3) is 0 Å². The molecule has 291 valence electrons. The van der Waals surface area contributed by atoms with E-state index in [1.165, 1.54) is 65.6 Å². The van der Waals surface area contributed by atoms with Crippen LogP contribution in [0.2, 0.25) is 0 Å². The van der Waals surface area contributed by atoms with Crippen molar-refractivity contribution in [3.63, 3.8) is 0 Å². The second kappa shape index (κ2) is 19.1. The summed E-state index contributed by atoms with van der Waals surface area (Å²) in [5.74, 6) is 3.26. The molecule has 0 atom stereocenters. The molecule has 1 fully saturated rings. The van der Waals surface area contributed by atoms with Crippen LogP contribution in [0.1, 0.15) is 162 Å². The fraction of sp³-hybridized carbons (Fsp3) is 0.562. The zero-order valence-corrected chi connectivity index (χ0v) is 37.3. The number of allylic oxidation sites excluding steroid dienone is 2. The molecule has 3 aromatic carbocycles. The molecular formula is C48H67IrN2O2-. The van der Waals surface area contributed by atoms with Crippen molar-refractivity contribution in [3.8, 4) is 11.3 Å². The quantitative estimate of drug-likeness (QED) is 0.0705. The Hall–Kier alpha value is -2.88. The van der Waals surface area contributed by atoms with Gasteiger partial charge in [-0.25, -0.2) is 4.98 Å². The van der Waals surface area contributed by atoms with Crippen LogP contribution >= 0.6 is 0 Å². The zero-order chi connectivity index (χ0) is 38.4. The fourth-order valence-corrected chi connectivity index (χ4v) is 7.31. The van der Waals surface area contributed by atoms with E-state index in [1.807, 2.05) is 41.5 Å². The van der Waals surface area contributed by atoms with Crippen LogP contribution in [0.3, 0.4) is 0 Å². The van der Waals surface area contributed by atoms with E-state index in [-0.39, 0.29) is 43.0 Å². The molecule has 1 aliphatic rings. The summed E-state index contributed by atoms with van der Waals surface area (Å²) in [6.07, 6.45) is 11.9. The Morgan fingerprint density at radius 3 is 2.09 bits per heavy atom. The molecule has 4 aromatic rings. The first-order valence-electron chi connectivity index (χ1n) is 20.2. The van der Waals surface area contributed by atoms with E-state index in [2.05, 4.69) is 90.1 Å². The van der Waals surface area contributed by atoms with Crippen LogP contribution in [-0.2, 0) is 37.7 Å². The first-order valence-corrected chi connectivity index (χ1v) is 20.2. The van der Waals surface area contributed by atoms with E-state index in [9.17, 15) is 9.90 Å². The van der Waals surface area contributed by atoms with Crippen molar-refractivity contribution in [1.29, 1.82) is 0 Å². The number of aromatic nitrogens is 2. The monoisotopic (exact) mass is 896 g/mol. The van der Waals surface area contributed by atoms with Crippen molar-refractivity contribution in [2.75, 3.05) is 0 Å². The molecule has 1 radical (unpaired) electrons. The molecule has 0 amide bonds. The molecule has 0 unspecified atom stereocenters. The molecule has 1 N–H and O–H groups in total. The van der Waals surface area contributed by atoms with Crippen LogP contribution in [-0.4, -0.2) is 20.9 Å². The first-order chi connectivity index (χ1) is 24.5. The number of nitrogens with zero attached hydrogens (tertiary/aromatic N) is 2. The van der Waals surface area contributed by atoms with Gasteiger partial charge in [-0.2, -0.15) is 0 Å². The standard InChI is InChI=1S/C35H43N2.C13H24O2.Ir/c1-22(2)17-25-19-28-15-16-31-33(29-14-10-13-27(21-29)26-11-8-7-9-12-26)36-35(24(5)6)37-34(31)32(28)30(20-25)18-23(3)4;1-7-13(6,8-2)11(15)9-10(14)12(3,4)5;/h10,13,15-16,19-24,26H,7-9,11-12,17-18H2,1-6H3;9,15H,7-8H2,1-6H3;/q-1;;/b;11-9-;. The number of rotatable bonds is 11. The number of hydrogen-bond acceptors (Lipinski definition) is 4. The molecule has 0 saturated heterocycles. The summed E-state index contributed by atoms with van der Waals surface area (Å²) >= 11 is 0. The first kappa shape index (κ1) is 44.5. The second-order valence-electron chi connectivity index (χ2n) is 17.9. The van der Waals surface area contributed by atoms with Gasteiger partial charge in [0, 0.05) is 48.3 Å². The van der Waals surface area contributed by atoms with Gasteiger partial charge < -0.3 is 5.11 Å². The summed E-state index contributed by atoms with van der Waals surface area (Å²) in [6.45, 7) is 25.2. The number of carbonyl (C=O) groups is 1. The zero-order valence-electron chi connectivity index (χ0n) is 34.9. The topological polar surface area (TPSA) is 63.1 Å². The third-order valence-corrected chi connectivity index (χ3v) is 11.1. The molecule has 5 rings (SSSR count). The van der Waals surface area contributed by atoms with Gasteiger partial charge in [-0.05, 0) is 83.9 Å². The number of hydrogen-bond donors (Lipinski definition) is 1. The van der Waals surface area contributed by atoms with Crippen molar-refractivity contribution in [1.82, 2.24) is 9.97 Å². The third-order valence-electron chi connectivity index (χ3n) is 11.1. The van der Waals surface area contributed by atoms with Crippen LogP contribution in [0.5, 0.6) is 0 Å². The number of aliphatic hydroxyl groups excluding tert-OH is 1. The van der Waals surface area contributed by atoms with Gasteiger partial charge >= 0.3 is 0 Å². The van der Waals surface area contributed by atoms with E-state index in [4.69, 9.17) is 9.97 Å². The minimum Gasteiger partial charge on any atom is -0.512 e. The van der Waals surface area contributed by atoms with E-state index in [0.29, 0.717) is 17.8 Å². The maximum atomic E-state index is 11.7. The normalized spacial score (nSPS) is 14.5. The van der Waals surface area contributed by atoms with Crippen molar-refractivity contribution >= 4 is 27.5 Å². The van der Waals surface area contributed by atoms with Crippen molar-refractivity contribution in [2.45, 2.75) is 153 Å². The molecule has 1 saturated carbocycles. The van der Waals surface area contributed by atoms with Crippen LogP contribution in [0.25, 0.3) is 32.9 Å². The molecule has 53 heavy (non-hydrogen) atoms. The van der Waals surface area contributed by atoms with E-state index in [0.717, 1.165) is 53.7 Å². The molecule has 4 nitrogen and oxygen atoms in total. The number of fused-ring (bicyclic) bond motifs is 3. The summed E-state index contributed by atoms with van der Waals surface area (Å²) in [5.41, 5.74) is 6.88. The Bertz CT molecular complexity index is 1850. The summed E-state index contributed by atoms with van der Waals surface area (Å²) in [5, 5.41) is 13.7. The minimum atomic E-state index is -0.420. The molecule has 1 aliphatic carbocycles. The number of benzene rings is 3. The molecule has 5 heteroatoms. The Kier molecular flexibility index (Phi) is 16.1. The molecular weight excluding hydrogens is 829 g/mol. The molecule has 1 heterocycles. The summed E-state index contributed by atoms with van der Waals surface area (Å²) < 4.78 is 0. The summed E-state index contributed by atoms with van der Waals surface area (Å²) in [4.78, 5) is 22.1. The molecule has 1 aromatic heterocycles. The van der Waals surface area contributed by atoms with Crippen molar-refractivity contribution in [3.05, 3.63) is 82.9 Å². The van der Waals surface area contributed by atoms with Gasteiger partial charge in [-0.1, -0.05) is 127 Å². The van der Waals surface area contributed by atoms with Gasteiger partial charge in [0.15, 0.2) is 5.78 Å². The number of ketones is 1. The third kappa shape index (κ3) is 11.3. The Morgan fingerprint density at radius 1 is 0.887 bits per heavy atom. The average molecular weight is 896 g/mol. The Labute approximate surface area is 335 Å². The van der Waals surface area contributed by atoms with Gasteiger partial charge in [-0.15, -0.1) is 35.4 Å². The summed E-state index contributed by atoms with van der Waals surface area (Å²) in [6, 6.07) is 19.7. The smallest absolute Gasteiger partial charge is 0.164 e. The Balaban J connectivity index is 0.000000403. The minimum absolute atomic E-state index is 0. The maximum Gasteiger partial charge on any atom is 0.164 e. The SMILES string of the molecule is CC(C)Cc1cc(CC(C)C)c2c(ccc3c(-c4[c-]ccc(C5CCCCC5)c4)nc(C(C)C)nc32)c1.CCC(C)(CC)/C(O)=C/C(=O)C(C)(C)C.[Ir]. The second-order valence-corrected chi connectivity index (χ2v) is 17.9. The predicted molar refractivity (Wildman–Crippen MR) is 222 cm³/mol. The largest absolute Gasteiger partial charge is 0.512 e.